The SMILES string of the molecule is CSc1cc(C)c2c(c1C)[C@H]1OC(=O)[C@@H](C)[C@@H]1CC2. The first kappa shape index (κ1) is 13.0. The van der Waals surface area contributed by atoms with Crippen molar-refractivity contribution in [2.24, 2.45) is 11.8 Å². The Kier molecular flexibility index (Phi) is 3.12. The molecule has 1 aromatic carbocycles. The minimum Gasteiger partial charge on any atom is -0.457 e. The van der Waals surface area contributed by atoms with E-state index in [1.165, 1.54) is 27.1 Å². The van der Waals surface area contributed by atoms with Crippen molar-refractivity contribution in [3.63, 3.8) is 0 Å². The van der Waals surface area contributed by atoms with Crippen molar-refractivity contribution in [2.75, 3.05) is 6.26 Å². The summed E-state index contributed by atoms with van der Waals surface area (Å²) < 4.78 is 5.69. The van der Waals surface area contributed by atoms with E-state index in [2.05, 4.69) is 26.2 Å². The number of esters is 1. The summed E-state index contributed by atoms with van der Waals surface area (Å²) in [5.74, 6) is 0.403. The molecule has 1 aliphatic heterocycles. The molecular weight excluding hydrogens is 256 g/mol. The van der Waals surface area contributed by atoms with Crippen LogP contribution in [-0.4, -0.2) is 12.2 Å². The zero-order valence-corrected chi connectivity index (χ0v) is 12.8. The molecule has 2 aliphatic rings. The van der Waals surface area contributed by atoms with Crippen LogP contribution in [0.15, 0.2) is 11.0 Å². The number of hydrogen-bond donors (Lipinski definition) is 0. The molecule has 0 saturated carbocycles. The van der Waals surface area contributed by atoms with E-state index < -0.39 is 0 Å². The van der Waals surface area contributed by atoms with Gasteiger partial charge in [0.15, 0.2) is 0 Å². The highest BCUT2D eigenvalue weighted by Gasteiger charge is 2.46. The molecule has 0 spiro atoms. The standard InChI is InChI=1S/C16H20O2S/c1-8-7-13(19-4)10(3)14-11(8)5-6-12-9(2)16(17)18-15(12)14/h7,9,12,15H,5-6H2,1-4H3/t9-,12-,15-/m0/s1. The van der Waals surface area contributed by atoms with Gasteiger partial charge in [0, 0.05) is 16.4 Å². The molecule has 3 heteroatoms. The van der Waals surface area contributed by atoms with Crippen LogP contribution in [-0.2, 0) is 16.0 Å². The zero-order valence-electron chi connectivity index (χ0n) is 11.9. The van der Waals surface area contributed by atoms with Gasteiger partial charge in [0.05, 0.1) is 5.92 Å². The highest BCUT2D eigenvalue weighted by molar-refractivity contribution is 7.98. The highest BCUT2D eigenvalue weighted by Crippen LogP contribution is 2.49. The van der Waals surface area contributed by atoms with Crippen LogP contribution in [0.1, 0.15) is 41.7 Å². The molecule has 1 aromatic rings. The van der Waals surface area contributed by atoms with Gasteiger partial charge in [0.1, 0.15) is 6.10 Å². The van der Waals surface area contributed by atoms with Gasteiger partial charge in [-0.15, -0.1) is 11.8 Å². The zero-order chi connectivity index (χ0) is 13.7. The third-order valence-corrected chi connectivity index (χ3v) is 5.66. The van der Waals surface area contributed by atoms with Gasteiger partial charge in [-0.3, -0.25) is 4.79 Å². The third kappa shape index (κ3) is 1.82. The minimum atomic E-state index is -0.0190. The van der Waals surface area contributed by atoms with E-state index in [0.29, 0.717) is 5.92 Å². The van der Waals surface area contributed by atoms with Crippen LogP contribution in [0, 0.1) is 25.7 Å². The Morgan fingerprint density at radius 1 is 1.37 bits per heavy atom. The number of fused-ring (bicyclic) bond motifs is 3. The molecule has 1 aliphatic carbocycles. The van der Waals surface area contributed by atoms with E-state index in [4.69, 9.17) is 4.74 Å². The highest BCUT2D eigenvalue weighted by atomic mass is 32.2. The molecular formula is C16H20O2S. The van der Waals surface area contributed by atoms with Gasteiger partial charge in [-0.2, -0.15) is 0 Å². The van der Waals surface area contributed by atoms with Gasteiger partial charge < -0.3 is 4.74 Å². The van der Waals surface area contributed by atoms with Crippen LogP contribution in [0.4, 0.5) is 0 Å². The minimum absolute atomic E-state index is 0.00273. The molecule has 0 radical (unpaired) electrons. The topological polar surface area (TPSA) is 26.3 Å². The molecule has 0 unspecified atom stereocenters. The second-order valence-corrected chi connectivity index (χ2v) is 6.61. The summed E-state index contributed by atoms with van der Waals surface area (Å²) >= 11 is 1.78. The average Bonchev–Trinajstić information content (AvgIpc) is 2.69. The van der Waals surface area contributed by atoms with E-state index >= 15 is 0 Å². The molecule has 1 fully saturated rings. The lowest BCUT2D eigenvalue weighted by molar-refractivity contribution is -0.144. The number of aryl methyl sites for hydroxylation is 1. The average molecular weight is 276 g/mol. The first-order valence-electron chi connectivity index (χ1n) is 6.92. The molecule has 1 saturated heterocycles. The van der Waals surface area contributed by atoms with E-state index in [9.17, 15) is 4.79 Å². The second kappa shape index (κ2) is 4.55. The number of hydrogen-bond acceptors (Lipinski definition) is 3. The molecule has 19 heavy (non-hydrogen) atoms. The Balaban J connectivity index is 2.17. The summed E-state index contributed by atoms with van der Waals surface area (Å²) in [4.78, 5) is 13.2. The first-order valence-corrected chi connectivity index (χ1v) is 8.14. The maximum absolute atomic E-state index is 11.9. The Labute approximate surface area is 118 Å². The number of benzene rings is 1. The summed E-state index contributed by atoms with van der Waals surface area (Å²) in [6.45, 7) is 6.36. The van der Waals surface area contributed by atoms with Gasteiger partial charge >= 0.3 is 5.97 Å². The van der Waals surface area contributed by atoms with Gasteiger partial charge in [-0.05, 0) is 55.7 Å². The van der Waals surface area contributed by atoms with E-state index in [-0.39, 0.29) is 18.0 Å². The molecule has 0 bridgehead atoms. The lowest BCUT2D eigenvalue weighted by Gasteiger charge is -2.31. The van der Waals surface area contributed by atoms with Crippen LogP contribution < -0.4 is 0 Å². The summed E-state index contributed by atoms with van der Waals surface area (Å²) in [5.41, 5.74) is 5.38. The number of rotatable bonds is 1. The lowest BCUT2D eigenvalue weighted by atomic mass is 9.75. The predicted molar refractivity (Wildman–Crippen MR) is 77.5 cm³/mol. The largest absolute Gasteiger partial charge is 0.457 e. The number of carbonyl (C=O) groups excluding carboxylic acids is 1. The molecule has 2 nitrogen and oxygen atoms in total. The quantitative estimate of drug-likeness (QED) is 0.576. The van der Waals surface area contributed by atoms with Crippen molar-refractivity contribution in [1.29, 1.82) is 0 Å². The van der Waals surface area contributed by atoms with Crippen molar-refractivity contribution < 1.29 is 9.53 Å². The van der Waals surface area contributed by atoms with Crippen LogP contribution >= 0.6 is 11.8 Å². The van der Waals surface area contributed by atoms with Gasteiger partial charge in [0.2, 0.25) is 0 Å². The van der Waals surface area contributed by atoms with Crippen molar-refractivity contribution >= 4 is 17.7 Å². The van der Waals surface area contributed by atoms with Crippen LogP contribution in [0.5, 0.6) is 0 Å². The van der Waals surface area contributed by atoms with Crippen molar-refractivity contribution in [1.82, 2.24) is 0 Å². The number of carbonyl (C=O) groups is 1. The molecule has 0 N–H and O–H groups in total. The predicted octanol–water partition coefficient (Wildman–Crippen LogP) is 3.82. The summed E-state index contributed by atoms with van der Waals surface area (Å²) in [6.07, 6.45) is 4.26. The van der Waals surface area contributed by atoms with E-state index in [1.807, 2.05) is 6.92 Å². The monoisotopic (exact) mass is 276 g/mol. The van der Waals surface area contributed by atoms with E-state index in [1.54, 1.807) is 11.8 Å². The van der Waals surface area contributed by atoms with Crippen LogP contribution in [0.25, 0.3) is 0 Å². The van der Waals surface area contributed by atoms with E-state index in [0.717, 1.165) is 12.8 Å². The lowest BCUT2D eigenvalue weighted by Crippen LogP contribution is -2.22. The fourth-order valence-electron chi connectivity index (χ4n) is 3.63. The Hall–Kier alpha value is -0.960. The second-order valence-electron chi connectivity index (χ2n) is 5.76. The summed E-state index contributed by atoms with van der Waals surface area (Å²) in [5, 5.41) is 0. The fraction of sp³-hybridized carbons (Fsp3) is 0.562. The maximum Gasteiger partial charge on any atom is 0.309 e. The van der Waals surface area contributed by atoms with Crippen molar-refractivity contribution in [3.05, 3.63) is 28.3 Å². The van der Waals surface area contributed by atoms with Gasteiger partial charge in [-0.1, -0.05) is 6.92 Å². The number of thioether (sulfide) groups is 1. The number of ether oxygens (including phenoxy) is 1. The fourth-order valence-corrected chi connectivity index (χ4v) is 4.35. The molecule has 3 rings (SSSR count). The Bertz CT molecular complexity index is 550. The maximum atomic E-state index is 11.9. The summed E-state index contributed by atoms with van der Waals surface area (Å²) in [7, 11) is 0. The first-order chi connectivity index (χ1) is 9.04. The molecule has 102 valence electrons. The Morgan fingerprint density at radius 2 is 2.11 bits per heavy atom. The normalized spacial score (nSPS) is 28.8. The molecule has 0 aromatic heterocycles. The van der Waals surface area contributed by atoms with Crippen LogP contribution in [0.3, 0.4) is 0 Å². The van der Waals surface area contributed by atoms with Crippen LogP contribution in [0.2, 0.25) is 0 Å². The van der Waals surface area contributed by atoms with Gasteiger partial charge in [0.25, 0.3) is 0 Å². The third-order valence-electron chi connectivity index (χ3n) is 4.80. The van der Waals surface area contributed by atoms with Crippen molar-refractivity contribution in [2.45, 2.75) is 44.6 Å². The smallest absolute Gasteiger partial charge is 0.309 e. The van der Waals surface area contributed by atoms with Gasteiger partial charge in [-0.25, -0.2) is 0 Å². The molecule has 3 atom stereocenters. The van der Waals surface area contributed by atoms with Crippen molar-refractivity contribution in [3.8, 4) is 0 Å². The molecule has 1 heterocycles. The summed E-state index contributed by atoms with van der Waals surface area (Å²) in [6, 6.07) is 2.28. The molecule has 0 amide bonds. The Morgan fingerprint density at radius 3 is 2.79 bits per heavy atom.